The Labute approximate surface area is 170 Å². The Morgan fingerprint density at radius 1 is 1.21 bits per heavy atom. The first-order valence-corrected chi connectivity index (χ1v) is 10.8. The summed E-state index contributed by atoms with van der Waals surface area (Å²) >= 11 is 0. The van der Waals surface area contributed by atoms with Gasteiger partial charge in [-0.2, -0.15) is 9.57 Å². The molecular weight excluding hydrogens is 391 g/mol. The zero-order valence-corrected chi connectivity index (χ0v) is 16.7. The van der Waals surface area contributed by atoms with Crippen LogP contribution in [0.25, 0.3) is 0 Å². The Hall–Kier alpha value is -2.71. The van der Waals surface area contributed by atoms with E-state index >= 15 is 0 Å². The summed E-state index contributed by atoms with van der Waals surface area (Å²) in [6.45, 7) is 1.60. The third kappa shape index (κ3) is 4.04. The highest BCUT2D eigenvalue weighted by atomic mass is 32.2. The molecule has 2 aromatic carbocycles. The second kappa shape index (κ2) is 8.75. The molecule has 2 aromatic rings. The first-order chi connectivity index (χ1) is 13.9. The number of aliphatic hydroxyl groups excluding tert-OH is 1. The quantitative estimate of drug-likeness (QED) is 0.766. The van der Waals surface area contributed by atoms with E-state index in [0.717, 1.165) is 40.4 Å². The maximum absolute atomic E-state index is 13.5. The van der Waals surface area contributed by atoms with Crippen LogP contribution < -0.4 is 0 Å². The predicted molar refractivity (Wildman–Crippen MR) is 107 cm³/mol. The van der Waals surface area contributed by atoms with Crippen LogP contribution in [0.2, 0.25) is 0 Å². The van der Waals surface area contributed by atoms with Gasteiger partial charge in [0.25, 0.3) is 0 Å². The zero-order chi connectivity index (χ0) is 21.0. The van der Waals surface area contributed by atoms with Gasteiger partial charge in [-0.25, -0.2) is 12.8 Å². The number of rotatable bonds is 5. The highest BCUT2D eigenvalue weighted by Crippen LogP contribution is 2.43. The summed E-state index contributed by atoms with van der Waals surface area (Å²) in [7, 11) is -4.12. The average Bonchev–Trinajstić information content (AvgIpc) is 2.69. The van der Waals surface area contributed by atoms with E-state index in [9.17, 15) is 23.2 Å². The van der Waals surface area contributed by atoms with Crippen LogP contribution in [-0.2, 0) is 10.0 Å². The molecule has 7 heteroatoms. The number of nitriles is 1. The van der Waals surface area contributed by atoms with E-state index < -0.39 is 40.4 Å². The summed E-state index contributed by atoms with van der Waals surface area (Å²) in [5.41, 5.74) is 1.59. The van der Waals surface area contributed by atoms with Crippen molar-refractivity contribution >= 4 is 10.0 Å². The summed E-state index contributed by atoms with van der Waals surface area (Å²) in [6.07, 6.45) is 1.78. The normalized spacial score (nSPS) is 21.5. The van der Waals surface area contributed by atoms with Gasteiger partial charge >= 0.3 is 0 Å². The molecule has 1 fully saturated rings. The van der Waals surface area contributed by atoms with Crippen molar-refractivity contribution in [3.63, 3.8) is 0 Å². The van der Waals surface area contributed by atoms with Gasteiger partial charge in [0.1, 0.15) is 11.9 Å². The van der Waals surface area contributed by atoms with Crippen LogP contribution in [0, 0.1) is 29.0 Å². The summed E-state index contributed by atoms with van der Waals surface area (Å²) in [5, 5.41) is 19.5. The fraction of sp³-hybridized carbons (Fsp3) is 0.318. The second-order valence-corrected chi connectivity index (χ2v) is 8.66. The molecule has 3 rings (SSSR count). The Balaban J connectivity index is 1.90. The van der Waals surface area contributed by atoms with E-state index in [-0.39, 0.29) is 4.90 Å². The first kappa shape index (κ1) is 21.0. The van der Waals surface area contributed by atoms with Gasteiger partial charge < -0.3 is 5.11 Å². The number of hydrogen-bond donors (Lipinski definition) is 1. The first-order valence-electron chi connectivity index (χ1n) is 9.32. The molecular formula is C22H21FN2O3S. The lowest BCUT2D eigenvalue weighted by molar-refractivity contribution is 0.0556. The number of sulfonamides is 1. The predicted octanol–water partition coefficient (Wildman–Crippen LogP) is 3.02. The molecule has 3 atom stereocenters. The van der Waals surface area contributed by atoms with Crippen molar-refractivity contribution in [2.45, 2.75) is 42.7 Å². The van der Waals surface area contributed by atoms with Crippen molar-refractivity contribution in [1.82, 2.24) is 4.31 Å². The van der Waals surface area contributed by atoms with Crippen LogP contribution in [0.4, 0.5) is 4.39 Å². The topological polar surface area (TPSA) is 81.4 Å². The standard InChI is InChI=1S/C22H21FN2O3S/c1-2-3-4-6-16-9-11-17(12-10-16)22-20(14-24)25(21(22)15-26)29(27,28)19-8-5-7-18(23)13-19/h5,7-13,20-22,26H,2-3,15H2,1H3/t20-,21+,22-/m0/s1. The van der Waals surface area contributed by atoms with Crippen molar-refractivity contribution in [3.8, 4) is 17.9 Å². The van der Waals surface area contributed by atoms with Crippen LogP contribution in [0.5, 0.6) is 0 Å². The van der Waals surface area contributed by atoms with Crippen LogP contribution in [0.1, 0.15) is 36.8 Å². The van der Waals surface area contributed by atoms with Gasteiger partial charge in [0.2, 0.25) is 10.0 Å². The zero-order valence-electron chi connectivity index (χ0n) is 15.9. The van der Waals surface area contributed by atoms with Gasteiger partial charge in [0, 0.05) is 17.9 Å². The van der Waals surface area contributed by atoms with E-state index in [2.05, 4.69) is 18.8 Å². The van der Waals surface area contributed by atoms with Gasteiger partial charge in [-0.1, -0.05) is 37.0 Å². The lowest BCUT2D eigenvalue weighted by atomic mass is 9.78. The van der Waals surface area contributed by atoms with Crippen molar-refractivity contribution < 1.29 is 17.9 Å². The maximum Gasteiger partial charge on any atom is 0.244 e. The van der Waals surface area contributed by atoms with Crippen molar-refractivity contribution in [1.29, 1.82) is 5.26 Å². The molecule has 0 amide bonds. The molecule has 1 N–H and O–H groups in total. The molecule has 1 aliphatic rings. The van der Waals surface area contributed by atoms with Crippen molar-refractivity contribution in [2.24, 2.45) is 0 Å². The van der Waals surface area contributed by atoms with E-state index in [1.807, 2.05) is 18.2 Å². The highest BCUT2D eigenvalue weighted by Gasteiger charge is 2.55. The monoisotopic (exact) mass is 412 g/mol. The molecule has 1 saturated heterocycles. The number of aliphatic hydroxyl groups is 1. The summed E-state index contributed by atoms with van der Waals surface area (Å²) in [4.78, 5) is -0.240. The molecule has 0 bridgehead atoms. The molecule has 5 nitrogen and oxygen atoms in total. The molecule has 1 heterocycles. The maximum atomic E-state index is 13.5. The van der Waals surface area contributed by atoms with Crippen molar-refractivity contribution in [3.05, 3.63) is 65.5 Å². The third-order valence-electron chi connectivity index (χ3n) is 4.95. The molecule has 0 spiro atoms. The number of nitrogens with zero attached hydrogens (tertiary/aromatic N) is 2. The Kier molecular flexibility index (Phi) is 6.34. The third-order valence-corrected chi connectivity index (χ3v) is 6.85. The molecule has 0 aliphatic carbocycles. The smallest absolute Gasteiger partial charge is 0.244 e. The molecule has 0 aromatic heterocycles. The minimum Gasteiger partial charge on any atom is -0.395 e. The van der Waals surface area contributed by atoms with Gasteiger partial charge in [-0.3, -0.25) is 0 Å². The fourth-order valence-electron chi connectivity index (χ4n) is 3.52. The lowest BCUT2D eigenvalue weighted by Crippen LogP contribution is -2.65. The Morgan fingerprint density at radius 2 is 1.93 bits per heavy atom. The largest absolute Gasteiger partial charge is 0.395 e. The minimum atomic E-state index is -4.12. The van der Waals surface area contributed by atoms with Gasteiger partial charge in [0.05, 0.1) is 23.6 Å². The number of unbranched alkanes of at least 4 members (excludes halogenated alkanes) is 1. The van der Waals surface area contributed by atoms with Gasteiger partial charge in [-0.05, 0) is 42.3 Å². The Bertz CT molecular complexity index is 1080. The molecule has 150 valence electrons. The molecule has 0 saturated carbocycles. The summed E-state index contributed by atoms with van der Waals surface area (Å²) < 4.78 is 40.4. The van der Waals surface area contributed by atoms with Crippen LogP contribution in [0.15, 0.2) is 53.4 Å². The average molecular weight is 412 g/mol. The second-order valence-electron chi connectivity index (χ2n) is 6.82. The summed E-state index contributed by atoms with van der Waals surface area (Å²) in [6, 6.07) is 12.1. The van der Waals surface area contributed by atoms with E-state index in [1.54, 1.807) is 12.1 Å². The van der Waals surface area contributed by atoms with E-state index in [4.69, 9.17) is 0 Å². The lowest BCUT2D eigenvalue weighted by Gasteiger charge is -2.50. The highest BCUT2D eigenvalue weighted by molar-refractivity contribution is 7.89. The molecule has 29 heavy (non-hydrogen) atoms. The number of halogens is 1. The number of benzene rings is 2. The van der Waals surface area contributed by atoms with Gasteiger partial charge in [-0.15, -0.1) is 0 Å². The minimum absolute atomic E-state index is 0.240. The van der Waals surface area contributed by atoms with Crippen molar-refractivity contribution in [2.75, 3.05) is 6.61 Å². The van der Waals surface area contributed by atoms with Crippen LogP contribution in [0.3, 0.4) is 0 Å². The SMILES string of the molecule is CCCC#Cc1ccc([C@@H]2[C@@H](CO)N(S(=O)(=O)c3cccc(F)c3)[C@H]2C#N)cc1. The molecule has 1 aliphatic heterocycles. The molecule has 0 radical (unpaired) electrons. The van der Waals surface area contributed by atoms with E-state index in [1.165, 1.54) is 12.1 Å². The fourth-order valence-corrected chi connectivity index (χ4v) is 5.31. The number of hydrogen-bond acceptors (Lipinski definition) is 4. The van der Waals surface area contributed by atoms with Crippen LogP contribution in [-0.4, -0.2) is 36.5 Å². The Morgan fingerprint density at radius 3 is 2.52 bits per heavy atom. The molecule has 0 unspecified atom stereocenters. The van der Waals surface area contributed by atoms with E-state index in [0.29, 0.717) is 0 Å². The van der Waals surface area contributed by atoms with Gasteiger partial charge in [0.15, 0.2) is 0 Å². The summed E-state index contributed by atoms with van der Waals surface area (Å²) in [5.74, 6) is 4.94. The van der Waals surface area contributed by atoms with Crippen LogP contribution >= 0.6 is 0 Å².